The number of rotatable bonds is 10. The molecule has 36 heavy (non-hydrogen) atoms. The molecule has 3 aromatic carbocycles. The van der Waals surface area contributed by atoms with E-state index in [0.29, 0.717) is 17.1 Å². The largest absolute Gasteiger partial charge is 0.357 e. The van der Waals surface area contributed by atoms with Gasteiger partial charge in [-0.25, -0.2) is 8.42 Å². The molecular formula is C27H30ClN3O4S. The molecule has 1 atom stereocenters. The van der Waals surface area contributed by atoms with Gasteiger partial charge in [-0.05, 0) is 55.3 Å². The van der Waals surface area contributed by atoms with Crippen molar-refractivity contribution in [3.05, 3.63) is 95.0 Å². The first kappa shape index (κ1) is 27.2. The van der Waals surface area contributed by atoms with Crippen LogP contribution in [0, 0.1) is 6.92 Å². The van der Waals surface area contributed by atoms with Gasteiger partial charge in [-0.2, -0.15) is 0 Å². The first-order chi connectivity index (χ1) is 17.2. The Morgan fingerprint density at radius 2 is 1.56 bits per heavy atom. The highest BCUT2D eigenvalue weighted by Gasteiger charge is 2.33. The van der Waals surface area contributed by atoms with Crippen LogP contribution < -0.4 is 9.62 Å². The van der Waals surface area contributed by atoms with Crippen molar-refractivity contribution >= 4 is 39.1 Å². The van der Waals surface area contributed by atoms with Gasteiger partial charge in [0.25, 0.3) is 10.0 Å². The summed E-state index contributed by atoms with van der Waals surface area (Å²) in [5, 5.41) is 3.01. The van der Waals surface area contributed by atoms with E-state index in [-0.39, 0.29) is 17.3 Å². The van der Waals surface area contributed by atoms with Crippen LogP contribution in [0.1, 0.15) is 24.5 Å². The fourth-order valence-corrected chi connectivity index (χ4v) is 5.38. The lowest BCUT2D eigenvalue weighted by Gasteiger charge is -2.33. The van der Waals surface area contributed by atoms with Crippen LogP contribution in [0.25, 0.3) is 0 Å². The molecule has 0 bridgehead atoms. The summed E-state index contributed by atoms with van der Waals surface area (Å²) in [6.45, 7) is 3.39. The van der Waals surface area contributed by atoms with E-state index >= 15 is 0 Å². The Balaban J connectivity index is 2.04. The minimum atomic E-state index is -4.12. The van der Waals surface area contributed by atoms with Crippen molar-refractivity contribution in [2.45, 2.75) is 37.8 Å². The minimum Gasteiger partial charge on any atom is -0.357 e. The Hall–Kier alpha value is -3.36. The summed E-state index contributed by atoms with van der Waals surface area (Å²) in [4.78, 5) is 27.9. The standard InChI is InChI=1S/C27H30ClN3O4S/c1-4-25(27(33)29-3)30(18-21-8-6-5-7-9-21)26(32)19-31(23-14-10-20(2)11-15-23)36(34,35)24-16-12-22(28)13-17-24/h5-17,25H,4,18-19H2,1-3H3,(H,29,33)/t25-/m0/s1. The number of amides is 2. The van der Waals surface area contributed by atoms with Gasteiger partial charge in [0.15, 0.2) is 0 Å². The zero-order chi connectivity index (χ0) is 26.3. The van der Waals surface area contributed by atoms with E-state index in [4.69, 9.17) is 11.6 Å². The monoisotopic (exact) mass is 527 g/mol. The Labute approximate surface area is 217 Å². The number of sulfonamides is 1. The molecule has 0 aliphatic carbocycles. The molecule has 0 saturated carbocycles. The maximum atomic E-state index is 13.8. The van der Waals surface area contributed by atoms with Crippen LogP contribution in [0.15, 0.2) is 83.8 Å². The fourth-order valence-electron chi connectivity index (χ4n) is 3.84. The molecule has 3 rings (SSSR count). The van der Waals surface area contributed by atoms with Gasteiger partial charge < -0.3 is 10.2 Å². The second-order valence-electron chi connectivity index (χ2n) is 8.35. The van der Waals surface area contributed by atoms with E-state index in [2.05, 4.69) is 5.32 Å². The van der Waals surface area contributed by atoms with E-state index in [1.54, 1.807) is 24.3 Å². The SMILES string of the molecule is CC[C@@H](C(=O)NC)N(Cc1ccccc1)C(=O)CN(c1ccc(C)cc1)S(=O)(=O)c1ccc(Cl)cc1. The molecule has 0 aliphatic rings. The maximum Gasteiger partial charge on any atom is 0.264 e. The Kier molecular flexibility index (Phi) is 9.12. The number of hydrogen-bond donors (Lipinski definition) is 1. The van der Waals surface area contributed by atoms with Crippen molar-refractivity contribution in [3.63, 3.8) is 0 Å². The van der Waals surface area contributed by atoms with Gasteiger partial charge in [-0.15, -0.1) is 0 Å². The van der Waals surface area contributed by atoms with Gasteiger partial charge in [0.1, 0.15) is 12.6 Å². The van der Waals surface area contributed by atoms with Gasteiger partial charge in [-0.3, -0.25) is 13.9 Å². The molecule has 3 aromatic rings. The van der Waals surface area contributed by atoms with Crippen molar-refractivity contribution in [1.82, 2.24) is 10.2 Å². The summed E-state index contributed by atoms with van der Waals surface area (Å²) >= 11 is 5.97. The lowest BCUT2D eigenvalue weighted by Crippen LogP contribution is -2.51. The third-order valence-corrected chi connectivity index (χ3v) is 7.87. The number of hydrogen-bond acceptors (Lipinski definition) is 4. The second-order valence-corrected chi connectivity index (χ2v) is 10.6. The van der Waals surface area contributed by atoms with Gasteiger partial charge in [-0.1, -0.05) is 66.6 Å². The normalized spacial score (nSPS) is 12.0. The van der Waals surface area contributed by atoms with Gasteiger partial charge >= 0.3 is 0 Å². The van der Waals surface area contributed by atoms with E-state index in [1.165, 1.54) is 36.2 Å². The molecule has 0 heterocycles. The summed E-state index contributed by atoms with van der Waals surface area (Å²) < 4.78 is 28.5. The predicted molar refractivity (Wildman–Crippen MR) is 142 cm³/mol. The lowest BCUT2D eigenvalue weighted by atomic mass is 10.1. The molecule has 0 spiro atoms. The number of nitrogens with zero attached hydrogens (tertiary/aromatic N) is 2. The quantitative estimate of drug-likeness (QED) is 0.423. The summed E-state index contributed by atoms with van der Waals surface area (Å²) in [6, 6.07) is 21.2. The van der Waals surface area contributed by atoms with Crippen LogP contribution >= 0.6 is 11.6 Å². The molecule has 9 heteroatoms. The molecule has 1 N–H and O–H groups in total. The third kappa shape index (κ3) is 6.44. The molecule has 0 aromatic heterocycles. The number of likely N-dealkylation sites (N-methyl/N-ethyl adjacent to an activating group) is 1. The molecule has 190 valence electrons. The number of halogens is 1. The maximum absolute atomic E-state index is 13.8. The van der Waals surface area contributed by atoms with Gasteiger partial charge in [0, 0.05) is 18.6 Å². The molecule has 2 amide bonds. The molecule has 0 radical (unpaired) electrons. The summed E-state index contributed by atoms with van der Waals surface area (Å²) in [7, 11) is -2.60. The number of nitrogens with one attached hydrogen (secondary N) is 1. The zero-order valence-electron chi connectivity index (χ0n) is 20.5. The number of carbonyl (C=O) groups excluding carboxylic acids is 2. The highest BCUT2D eigenvalue weighted by molar-refractivity contribution is 7.92. The number of anilines is 1. The first-order valence-electron chi connectivity index (χ1n) is 11.6. The van der Waals surface area contributed by atoms with Crippen LogP contribution in [0.2, 0.25) is 5.02 Å². The van der Waals surface area contributed by atoms with Gasteiger partial charge in [0.2, 0.25) is 11.8 Å². The molecule has 0 fully saturated rings. The summed E-state index contributed by atoms with van der Waals surface area (Å²) in [6.07, 6.45) is 0.368. The Morgan fingerprint density at radius 1 is 0.944 bits per heavy atom. The minimum absolute atomic E-state index is 0.00762. The van der Waals surface area contributed by atoms with E-state index in [9.17, 15) is 18.0 Å². The molecule has 7 nitrogen and oxygen atoms in total. The van der Waals surface area contributed by atoms with Crippen molar-refractivity contribution in [2.24, 2.45) is 0 Å². The number of aryl methyl sites for hydroxylation is 1. The van der Waals surface area contributed by atoms with E-state index in [0.717, 1.165) is 15.4 Å². The lowest BCUT2D eigenvalue weighted by molar-refractivity contribution is -0.140. The van der Waals surface area contributed by atoms with E-state index in [1.807, 2.05) is 44.2 Å². The number of benzene rings is 3. The summed E-state index contributed by atoms with van der Waals surface area (Å²) in [5.74, 6) is -0.809. The van der Waals surface area contributed by atoms with Gasteiger partial charge in [0.05, 0.1) is 10.6 Å². The Morgan fingerprint density at radius 3 is 2.11 bits per heavy atom. The number of carbonyl (C=O) groups is 2. The smallest absolute Gasteiger partial charge is 0.264 e. The first-order valence-corrected chi connectivity index (χ1v) is 13.4. The van der Waals surface area contributed by atoms with Crippen molar-refractivity contribution in [1.29, 1.82) is 0 Å². The van der Waals surface area contributed by atoms with E-state index < -0.39 is 28.5 Å². The molecule has 0 saturated heterocycles. The highest BCUT2D eigenvalue weighted by Crippen LogP contribution is 2.26. The third-order valence-electron chi connectivity index (χ3n) is 5.83. The Bertz CT molecular complexity index is 1280. The summed E-state index contributed by atoms with van der Waals surface area (Å²) in [5.41, 5.74) is 2.12. The van der Waals surface area contributed by atoms with Crippen molar-refractivity contribution in [3.8, 4) is 0 Å². The molecule has 0 aliphatic heterocycles. The zero-order valence-corrected chi connectivity index (χ0v) is 22.1. The van der Waals surface area contributed by atoms with Crippen LogP contribution in [0.4, 0.5) is 5.69 Å². The predicted octanol–water partition coefficient (Wildman–Crippen LogP) is 4.40. The molecule has 0 unspecified atom stereocenters. The van der Waals surface area contributed by atoms with Crippen LogP contribution in [-0.4, -0.2) is 44.8 Å². The average molecular weight is 528 g/mol. The second kappa shape index (κ2) is 12.1. The highest BCUT2D eigenvalue weighted by atomic mass is 35.5. The van der Waals surface area contributed by atoms with Crippen molar-refractivity contribution in [2.75, 3.05) is 17.9 Å². The molecular weight excluding hydrogens is 498 g/mol. The van der Waals surface area contributed by atoms with Crippen molar-refractivity contribution < 1.29 is 18.0 Å². The average Bonchev–Trinajstić information content (AvgIpc) is 2.88. The van der Waals surface area contributed by atoms with Crippen LogP contribution in [-0.2, 0) is 26.2 Å². The fraction of sp³-hybridized carbons (Fsp3) is 0.259. The van der Waals surface area contributed by atoms with Crippen LogP contribution in [0.5, 0.6) is 0 Å². The topological polar surface area (TPSA) is 86.8 Å². The van der Waals surface area contributed by atoms with Crippen LogP contribution in [0.3, 0.4) is 0 Å².